The summed E-state index contributed by atoms with van der Waals surface area (Å²) in [5.74, 6) is 0.932. The molecule has 4 rings (SSSR count). The number of ether oxygens (including phenoxy) is 2. The zero-order valence-corrected chi connectivity index (χ0v) is 14.2. The molecule has 5 heteroatoms. The normalized spacial score (nSPS) is 10.8. The summed E-state index contributed by atoms with van der Waals surface area (Å²) in [5.41, 5.74) is 2.02. The van der Waals surface area contributed by atoms with Gasteiger partial charge >= 0.3 is 0 Å². The molecule has 0 radical (unpaired) electrons. The van der Waals surface area contributed by atoms with E-state index in [1.165, 1.54) is 0 Å². The highest BCUT2D eigenvalue weighted by Crippen LogP contribution is 2.36. The number of para-hydroxylation sites is 2. The van der Waals surface area contributed by atoms with Gasteiger partial charge in [-0.1, -0.05) is 36.4 Å². The van der Waals surface area contributed by atoms with Crippen molar-refractivity contribution >= 4 is 33.5 Å². The number of rotatable bonds is 5. The Morgan fingerprint density at radius 1 is 0.962 bits per heavy atom. The van der Waals surface area contributed by atoms with Crippen molar-refractivity contribution in [1.82, 2.24) is 0 Å². The molecule has 4 aromatic rings. The molecule has 0 spiro atoms. The lowest BCUT2D eigenvalue weighted by atomic mass is 10.1. The van der Waals surface area contributed by atoms with Crippen molar-refractivity contribution in [3.8, 4) is 11.5 Å². The lowest BCUT2D eigenvalue weighted by Crippen LogP contribution is -2.20. The zero-order chi connectivity index (χ0) is 17.9. The Morgan fingerprint density at radius 2 is 1.73 bits per heavy atom. The van der Waals surface area contributed by atoms with Gasteiger partial charge in [0.15, 0.2) is 6.61 Å². The number of benzene rings is 3. The lowest BCUT2D eigenvalue weighted by molar-refractivity contribution is -0.118. The minimum Gasteiger partial charge on any atom is -0.495 e. The number of furan rings is 1. The smallest absolute Gasteiger partial charge is 0.262 e. The van der Waals surface area contributed by atoms with Gasteiger partial charge in [0.25, 0.3) is 5.91 Å². The summed E-state index contributed by atoms with van der Waals surface area (Å²) in [6.07, 6.45) is 0. The first-order chi connectivity index (χ1) is 12.7. The second kappa shape index (κ2) is 6.80. The van der Waals surface area contributed by atoms with Gasteiger partial charge in [-0.15, -0.1) is 0 Å². The zero-order valence-electron chi connectivity index (χ0n) is 14.2. The van der Waals surface area contributed by atoms with Gasteiger partial charge in [-0.2, -0.15) is 0 Å². The van der Waals surface area contributed by atoms with E-state index in [0.29, 0.717) is 22.8 Å². The van der Waals surface area contributed by atoms with E-state index >= 15 is 0 Å². The van der Waals surface area contributed by atoms with Crippen LogP contribution in [0.25, 0.3) is 21.9 Å². The standard InChI is InChI=1S/C21H17NO4/c1-24-20-11-16-15-9-5-6-10-18(15)26-19(16)12-17(20)22-21(23)13-25-14-7-3-2-4-8-14/h2-12H,13H2,1H3,(H,22,23). The van der Waals surface area contributed by atoms with Crippen molar-refractivity contribution in [2.45, 2.75) is 0 Å². The monoisotopic (exact) mass is 347 g/mol. The molecule has 0 aliphatic rings. The molecule has 1 amide bonds. The largest absolute Gasteiger partial charge is 0.495 e. The van der Waals surface area contributed by atoms with Gasteiger partial charge in [0.05, 0.1) is 12.8 Å². The third-order valence-electron chi connectivity index (χ3n) is 4.09. The van der Waals surface area contributed by atoms with Crippen LogP contribution in [0.1, 0.15) is 0 Å². The van der Waals surface area contributed by atoms with Crippen LogP contribution in [0.15, 0.2) is 71.1 Å². The topological polar surface area (TPSA) is 60.7 Å². The summed E-state index contributed by atoms with van der Waals surface area (Å²) in [5, 5.41) is 4.77. The average molecular weight is 347 g/mol. The molecule has 0 unspecified atom stereocenters. The highest BCUT2D eigenvalue weighted by molar-refractivity contribution is 6.07. The number of anilines is 1. The summed E-state index contributed by atoms with van der Waals surface area (Å²) in [6.45, 7) is -0.0919. The van der Waals surface area contributed by atoms with Gasteiger partial charge in [0, 0.05) is 16.8 Å². The SMILES string of the molecule is COc1cc2c(cc1NC(=O)COc1ccccc1)oc1ccccc12. The maximum absolute atomic E-state index is 12.2. The highest BCUT2D eigenvalue weighted by atomic mass is 16.5. The Bertz CT molecular complexity index is 1070. The van der Waals surface area contributed by atoms with Crippen LogP contribution >= 0.6 is 0 Å². The first kappa shape index (κ1) is 16.0. The number of amides is 1. The maximum Gasteiger partial charge on any atom is 0.262 e. The molecule has 1 N–H and O–H groups in total. The number of nitrogens with one attached hydrogen (secondary N) is 1. The minimum atomic E-state index is -0.275. The molecule has 0 saturated carbocycles. The Labute approximate surface area is 150 Å². The van der Waals surface area contributed by atoms with Crippen LogP contribution < -0.4 is 14.8 Å². The first-order valence-corrected chi connectivity index (χ1v) is 8.21. The number of fused-ring (bicyclic) bond motifs is 3. The summed E-state index contributed by atoms with van der Waals surface area (Å²) in [7, 11) is 1.57. The molecule has 5 nitrogen and oxygen atoms in total. The van der Waals surface area contributed by atoms with E-state index in [2.05, 4.69) is 5.32 Å². The Hall–Kier alpha value is -3.47. The van der Waals surface area contributed by atoms with Crippen LogP contribution in [0.2, 0.25) is 0 Å². The highest BCUT2D eigenvalue weighted by Gasteiger charge is 2.14. The lowest BCUT2D eigenvalue weighted by Gasteiger charge is -2.11. The van der Waals surface area contributed by atoms with Gasteiger partial charge in [0.1, 0.15) is 22.7 Å². The fourth-order valence-corrected chi connectivity index (χ4v) is 2.87. The van der Waals surface area contributed by atoms with Crippen LogP contribution in [0, 0.1) is 0 Å². The number of carbonyl (C=O) groups is 1. The second-order valence-electron chi connectivity index (χ2n) is 5.80. The van der Waals surface area contributed by atoms with Gasteiger partial charge < -0.3 is 19.2 Å². The Balaban J connectivity index is 1.59. The van der Waals surface area contributed by atoms with Crippen molar-refractivity contribution in [3.05, 3.63) is 66.7 Å². The van der Waals surface area contributed by atoms with Crippen molar-refractivity contribution in [3.63, 3.8) is 0 Å². The Kier molecular flexibility index (Phi) is 4.19. The summed E-state index contributed by atoms with van der Waals surface area (Å²) >= 11 is 0. The van der Waals surface area contributed by atoms with Crippen LogP contribution in [0.3, 0.4) is 0 Å². The second-order valence-corrected chi connectivity index (χ2v) is 5.80. The average Bonchev–Trinajstić information content (AvgIpc) is 3.04. The van der Waals surface area contributed by atoms with E-state index in [9.17, 15) is 4.79 Å². The van der Waals surface area contributed by atoms with E-state index in [1.54, 1.807) is 25.3 Å². The van der Waals surface area contributed by atoms with E-state index < -0.39 is 0 Å². The molecular weight excluding hydrogens is 330 g/mol. The number of carbonyl (C=O) groups excluding carboxylic acids is 1. The van der Waals surface area contributed by atoms with Gasteiger partial charge in [0.2, 0.25) is 0 Å². The van der Waals surface area contributed by atoms with Crippen LogP contribution in [-0.2, 0) is 4.79 Å². The third kappa shape index (κ3) is 3.07. The fraction of sp³-hybridized carbons (Fsp3) is 0.0952. The quantitative estimate of drug-likeness (QED) is 0.573. The summed E-state index contributed by atoms with van der Waals surface area (Å²) in [6, 6.07) is 20.6. The van der Waals surface area contributed by atoms with Gasteiger partial charge in [-0.25, -0.2) is 0 Å². The fourth-order valence-electron chi connectivity index (χ4n) is 2.87. The van der Waals surface area contributed by atoms with E-state index in [0.717, 1.165) is 16.4 Å². The predicted molar refractivity (Wildman–Crippen MR) is 101 cm³/mol. The van der Waals surface area contributed by atoms with Crippen LogP contribution in [0.5, 0.6) is 11.5 Å². The Morgan fingerprint density at radius 3 is 2.54 bits per heavy atom. The van der Waals surface area contributed by atoms with E-state index in [4.69, 9.17) is 13.9 Å². The molecule has 26 heavy (non-hydrogen) atoms. The van der Waals surface area contributed by atoms with E-state index in [-0.39, 0.29) is 12.5 Å². The third-order valence-corrected chi connectivity index (χ3v) is 4.09. The van der Waals surface area contributed by atoms with E-state index in [1.807, 2.05) is 48.5 Å². The number of hydrogen-bond donors (Lipinski definition) is 1. The maximum atomic E-state index is 12.2. The molecule has 130 valence electrons. The molecule has 1 aromatic heterocycles. The molecule has 0 aliphatic heterocycles. The predicted octanol–water partition coefficient (Wildman–Crippen LogP) is 4.61. The molecule has 0 fully saturated rings. The van der Waals surface area contributed by atoms with Crippen molar-refractivity contribution in [2.24, 2.45) is 0 Å². The number of hydrogen-bond acceptors (Lipinski definition) is 4. The molecule has 0 bridgehead atoms. The molecule has 0 aliphatic carbocycles. The first-order valence-electron chi connectivity index (χ1n) is 8.21. The molecule has 3 aromatic carbocycles. The molecule has 0 saturated heterocycles. The number of methoxy groups -OCH3 is 1. The molecule has 1 heterocycles. The summed E-state index contributed by atoms with van der Waals surface area (Å²) in [4.78, 5) is 12.2. The van der Waals surface area contributed by atoms with Gasteiger partial charge in [-0.3, -0.25) is 4.79 Å². The summed E-state index contributed by atoms with van der Waals surface area (Å²) < 4.78 is 16.8. The van der Waals surface area contributed by atoms with Crippen LogP contribution in [-0.4, -0.2) is 19.6 Å². The van der Waals surface area contributed by atoms with Crippen LogP contribution in [0.4, 0.5) is 5.69 Å². The van der Waals surface area contributed by atoms with Gasteiger partial charge in [-0.05, 0) is 24.3 Å². The molecule has 0 atom stereocenters. The minimum absolute atomic E-state index is 0.0919. The van der Waals surface area contributed by atoms with Crippen molar-refractivity contribution in [2.75, 3.05) is 19.0 Å². The van der Waals surface area contributed by atoms with Crippen molar-refractivity contribution < 1.29 is 18.7 Å². The van der Waals surface area contributed by atoms with Crippen molar-refractivity contribution in [1.29, 1.82) is 0 Å². The molecular formula is C21H17NO4.